The Bertz CT molecular complexity index is 625. The number of furan rings is 1. The number of rotatable bonds is 7. The molecule has 2 rings (SSSR count). The monoisotopic (exact) mass is 339 g/mol. The number of nitrogens with zero attached hydrogens (tertiary/aromatic N) is 1. The van der Waals surface area contributed by atoms with Crippen molar-refractivity contribution in [2.75, 3.05) is 17.3 Å². The molecule has 6 nitrogen and oxygen atoms in total. The Kier molecular flexibility index (Phi) is 6.02. The fourth-order valence-electron chi connectivity index (χ4n) is 1.75. The summed E-state index contributed by atoms with van der Waals surface area (Å²) in [5, 5.41) is 7.82. The Morgan fingerprint density at radius 1 is 1.50 bits per heavy atom. The Balaban J connectivity index is 2.01. The fourth-order valence-corrected chi connectivity index (χ4v) is 2.91. The normalized spacial score (nSPS) is 11.9. The van der Waals surface area contributed by atoms with E-state index in [1.807, 2.05) is 18.6 Å². The molecule has 2 N–H and O–H groups in total. The molecule has 2 aromatic rings. The van der Waals surface area contributed by atoms with Gasteiger partial charge in [-0.15, -0.1) is 11.3 Å². The minimum Gasteiger partial charge on any atom is -0.459 e. The Hall–Kier alpha value is -1.80. The second-order valence-corrected chi connectivity index (χ2v) is 6.41. The third-order valence-corrected chi connectivity index (χ3v) is 4.35. The van der Waals surface area contributed by atoms with Crippen molar-refractivity contribution in [2.24, 2.45) is 0 Å². The summed E-state index contributed by atoms with van der Waals surface area (Å²) in [5.74, 6) is 0.268. The molecule has 22 heavy (non-hydrogen) atoms. The molecular formula is C14H17N3O3S2. The molecule has 0 aliphatic carbocycles. The molecule has 0 spiro atoms. The molecule has 0 radical (unpaired) electrons. The van der Waals surface area contributed by atoms with Crippen LogP contribution in [-0.2, 0) is 4.79 Å². The van der Waals surface area contributed by atoms with Gasteiger partial charge in [-0.05, 0) is 37.5 Å². The van der Waals surface area contributed by atoms with Gasteiger partial charge in [0.25, 0.3) is 5.91 Å². The first kappa shape index (κ1) is 16.6. The molecule has 0 bridgehead atoms. The standard InChI is InChI=1S/C14H17N3O3S2/c1-9-8-22-14(15-9)17-12(18)10(5-7-21-2)16-13(19)11-4-3-6-20-11/h3-4,6,8,10H,5,7H2,1-2H3,(H,16,19)(H,15,17,18). The van der Waals surface area contributed by atoms with Gasteiger partial charge >= 0.3 is 0 Å². The lowest BCUT2D eigenvalue weighted by Gasteiger charge is -2.16. The third kappa shape index (κ3) is 4.60. The highest BCUT2D eigenvalue weighted by Crippen LogP contribution is 2.15. The van der Waals surface area contributed by atoms with Crippen LogP contribution in [0.1, 0.15) is 22.7 Å². The molecule has 2 aromatic heterocycles. The van der Waals surface area contributed by atoms with Crippen LogP contribution in [0.15, 0.2) is 28.2 Å². The maximum absolute atomic E-state index is 12.3. The molecule has 0 aliphatic heterocycles. The Morgan fingerprint density at radius 2 is 2.32 bits per heavy atom. The first-order valence-electron chi connectivity index (χ1n) is 6.66. The summed E-state index contributed by atoms with van der Waals surface area (Å²) in [6.45, 7) is 1.86. The second-order valence-electron chi connectivity index (χ2n) is 4.57. The highest BCUT2D eigenvalue weighted by Gasteiger charge is 2.23. The predicted molar refractivity (Wildman–Crippen MR) is 88.4 cm³/mol. The molecule has 8 heteroatoms. The van der Waals surface area contributed by atoms with Gasteiger partial charge in [0.05, 0.1) is 12.0 Å². The van der Waals surface area contributed by atoms with Gasteiger partial charge in [0.2, 0.25) is 5.91 Å². The van der Waals surface area contributed by atoms with Gasteiger partial charge in [0.15, 0.2) is 10.9 Å². The van der Waals surface area contributed by atoms with E-state index in [9.17, 15) is 9.59 Å². The van der Waals surface area contributed by atoms with Gasteiger partial charge in [-0.1, -0.05) is 0 Å². The zero-order chi connectivity index (χ0) is 15.9. The molecule has 1 atom stereocenters. The maximum Gasteiger partial charge on any atom is 0.287 e. The van der Waals surface area contributed by atoms with Crippen molar-refractivity contribution in [1.29, 1.82) is 0 Å². The predicted octanol–water partition coefficient (Wildman–Crippen LogP) is 2.53. The summed E-state index contributed by atoms with van der Waals surface area (Å²) in [4.78, 5) is 28.6. The summed E-state index contributed by atoms with van der Waals surface area (Å²) in [6.07, 6.45) is 3.90. The number of aromatic nitrogens is 1. The molecule has 118 valence electrons. The van der Waals surface area contributed by atoms with Crippen LogP contribution < -0.4 is 10.6 Å². The van der Waals surface area contributed by atoms with Crippen LogP contribution in [0.2, 0.25) is 0 Å². The van der Waals surface area contributed by atoms with E-state index in [1.54, 1.807) is 23.9 Å². The molecule has 0 saturated heterocycles. The molecule has 0 aliphatic rings. The van der Waals surface area contributed by atoms with Crippen LogP contribution in [0.3, 0.4) is 0 Å². The van der Waals surface area contributed by atoms with E-state index in [0.717, 1.165) is 11.4 Å². The topological polar surface area (TPSA) is 84.2 Å². The molecule has 1 unspecified atom stereocenters. The van der Waals surface area contributed by atoms with E-state index in [1.165, 1.54) is 17.6 Å². The zero-order valence-electron chi connectivity index (χ0n) is 12.3. The number of anilines is 1. The highest BCUT2D eigenvalue weighted by atomic mass is 32.2. The van der Waals surface area contributed by atoms with E-state index in [4.69, 9.17) is 4.42 Å². The van der Waals surface area contributed by atoms with Crippen molar-refractivity contribution in [1.82, 2.24) is 10.3 Å². The summed E-state index contributed by atoms with van der Waals surface area (Å²) < 4.78 is 5.04. The van der Waals surface area contributed by atoms with Crippen LogP contribution in [0.4, 0.5) is 5.13 Å². The Morgan fingerprint density at radius 3 is 2.91 bits per heavy atom. The molecular weight excluding hydrogens is 322 g/mol. The Labute approximate surface area is 136 Å². The molecule has 0 fully saturated rings. The van der Waals surface area contributed by atoms with Crippen LogP contribution in [0.5, 0.6) is 0 Å². The first-order valence-corrected chi connectivity index (χ1v) is 8.94. The number of hydrogen-bond acceptors (Lipinski definition) is 6. The average molecular weight is 339 g/mol. The van der Waals surface area contributed by atoms with Crippen molar-refractivity contribution in [3.8, 4) is 0 Å². The summed E-state index contributed by atoms with van der Waals surface area (Å²) in [7, 11) is 0. The third-order valence-electron chi connectivity index (χ3n) is 2.83. The van der Waals surface area contributed by atoms with E-state index in [0.29, 0.717) is 11.6 Å². The largest absolute Gasteiger partial charge is 0.459 e. The van der Waals surface area contributed by atoms with Gasteiger partial charge in [-0.25, -0.2) is 4.98 Å². The fraction of sp³-hybridized carbons (Fsp3) is 0.357. The van der Waals surface area contributed by atoms with Crippen molar-refractivity contribution < 1.29 is 14.0 Å². The van der Waals surface area contributed by atoms with E-state index in [2.05, 4.69) is 15.6 Å². The summed E-state index contributed by atoms with van der Waals surface area (Å²) in [5.41, 5.74) is 0.848. The molecule has 2 heterocycles. The molecule has 0 saturated carbocycles. The SMILES string of the molecule is CSCCC(NC(=O)c1ccco1)C(=O)Nc1nc(C)cs1. The number of hydrogen-bond donors (Lipinski definition) is 2. The molecule has 0 aromatic carbocycles. The summed E-state index contributed by atoms with van der Waals surface area (Å²) in [6, 6.07) is 2.56. The number of carbonyl (C=O) groups is 2. The number of thioether (sulfide) groups is 1. The van der Waals surface area contributed by atoms with E-state index < -0.39 is 11.9 Å². The lowest BCUT2D eigenvalue weighted by molar-refractivity contribution is -0.118. The minimum atomic E-state index is -0.630. The zero-order valence-corrected chi connectivity index (χ0v) is 13.9. The van der Waals surface area contributed by atoms with E-state index in [-0.39, 0.29) is 11.7 Å². The van der Waals surface area contributed by atoms with Crippen LogP contribution in [-0.4, -0.2) is 34.8 Å². The lowest BCUT2D eigenvalue weighted by atomic mass is 10.2. The number of nitrogens with one attached hydrogen (secondary N) is 2. The van der Waals surface area contributed by atoms with Crippen LogP contribution in [0.25, 0.3) is 0 Å². The quantitative estimate of drug-likeness (QED) is 0.810. The smallest absolute Gasteiger partial charge is 0.287 e. The van der Waals surface area contributed by atoms with Crippen LogP contribution in [0, 0.1) is 6.92 Å². The van der Waals surface area contributed by atoms with Crippen molar-refractivity contribution in [3.63, 3.8) is 0 Å². The number of thiazole rings is 1. The van der Waals surface area contributed by atoms with Gasteiger partial charge in [-0.2, -0.15) is 11.8 Å². The van der Waals surface area contributed by atoms with Crippen LogP contribution >= 0.6 is 23.1 Å². The maximum atomic E-state index is 12.3. The summed E-state index contributed by atoms with van der Waals surface area (Å²) >= 11 is 2.97. The highest BCUT2D eigenvalue weighted by molar-refractivity contribution is 7.98. The number of amides is 2. The van der Waals surface area contributed by atoms with Gasteiger partial charge < -0.3 is 15.1 Å². The van der Waals surface area contributed by atoms with Gasteiger partial charge in [0, 0.05) is 5.38 Å². The second kappa shape index (κ2) is 8.00. The van der Waals surface area contributed by atoms with Crippen molar-refractivity contribution in [2.45, 2.75) is 19.4 Å². The minimum absolute atomic E-state index is 0.187. The first-order chi connectivity index (χ1) is 10.6. The molecule has 2 amide bonds. The van der Waals surface area contributed by atoms with Crippen molar-refractivity contribution in [3.05, 3.63) is 35.2 Å². The van der Waals surface area contributed by atoms with Crippen molar-refractivity contribution >= 4 is 40.0 Å². The lowest BCUT2D eigenvalue weighted by Crippen LogP contribution is -2.44. The van der Waals surface area contributed by atoms with Gasteiger partial charge in [-0.3, -0.25) is 9.59 Å². The average Bonchev–Trinajstić information content (AvgIpc) is 3.15. The number of aryl methyl sites for hydroxylation is 1. The number of carbonyl (C=O) groups excluding carboxylic acids is 2. The van der Waals surface area contributed by atoms with E-state index >= 15 is 0 Å². The van der Waals surface area contributed by atoms with Gasteiger partial charge in [0.1, 0.15) is 6.04 Å².